The lowest BCUT2D eigenvalue weighted by Crippen LogP contribution is -2.45. The maximum absolute atomic E-state index is 3.61. The normalized spacial score (nSPS) is 28.5. The van der Waals surface area contributed by atoms with Crippen molar-refractivity contribution in [1.82, 2.24) is 10.2 Å². The highest BCUT2D eigenvalue weighted by Crippen LogP contribution is 2.20. The van der Waals surface area contributed by atoms with Crippen molar-refractivity contribution >= 4 is 0 Å². The van der Waals surface area contributed by atoms with Crippen molar-refractivity contribution < 1.29 is 0 Å². The van der Waals surface area contributed by atoms with Crippen LogP contribution in [0.4, 0.5) is 0 Å². The van der Waals surface area contributed by atoms with E-state index in [1.54, 1.807) is 0 Å². The molecule has 0 aromatic heterocycles. The van der Waals surface area contributed by atoms with Crippen molar-refractivity contribution in [3.8, 4) is 0 Å². The number of likely N-dealkylation sites (N-methyl/N-ethyl adjacent to an activating group) is 1. The van der Waals surface area contributed by atoms with Crippen LogP contribution in [-0.2, 0) is 0 Å². The lowest BCUT2D eigenvalue weighted by atomic mass is 9.86. The van der Waals surface area contributed by atoms with Crippen LogP contribution >= 0.6 is 0 Å². The molecule has 0 spiro atoms. The van der Waals surface area contributed by atoms with Gasteiger partial charge in [0.15, 0.2) is 0 Å². The summed E-state index contributed by atoms with van der Waals surface area (Å²) >= 11 is 0. The molecule has 0 radical (unpaired) electrons. The average Bonchev–Trinajstić information content (AvgIpc) is 2.11. The van der Waals surface area contributed by atoms with Crippen molar-refractivity contribution in [2.24, 2.45) is 5.41 Å². The van der Waals surface area contributed by atoms with Gasteiger partial charge in [0.2, 0.25) is 0 Å². The fourth-order valence-corrected chi connectivity index (χ4v) is 1.67. The smallest absolute Gasteiger partial charge is 0.0243 e. The first-order chi connectivity index (χ1) is 5.50. The Balaban J connectivity index is 2.52. The Kier molecular flexibility index (Phi) is 3.13. The Morgan fingerprint density at radius 2 is 2.00 bits per heavy atom. The van der Waals surface area contributed by atoms with E-state index in [-0.39, 0.29) is 0 Å². The molecule has 12 heavy (non-hydrogen) atoms. The summed E-state index contributed by atoms with van der Waals surface area (Å²) in [5.41, 5.74) is 0.388. The summed E-state index contributed by atoms with van der Waals surface area (Å²) in [4.78, 5) is 2.43. The predicted octanol–water partition coefficient (Wildman–Crippen LogP) is 1.33. The Morgan fingerprint density at radius 1 is 1.33 bits per heavy atom. The number of hydrogen-bond donors (Lipinski definition) is 1. The molecule has 1 aliphatic rings. The van der Waals surface area contributed by atoms with Crippen LogP contribution in [0.2, 0.25) is 0 Å². The zero-order chi connectivity index (χ0) is 9.19. The summed E-state index contributed by atoms with van der Waals surface area (Å²) in [5, 5.41) is 3.61. The molecule has 1 fully saturated rings. The lowest BCUT2D eigenvalue weighted by Gasteiger charge is -2.32. The van der Waals surface area contributed by atoms with E-state index < -0.39 is 0 Å². The number of nitrogens with one attached hydrogen (secondary N) is 1. The van der Waals surface area contributed by atoms with Crippen LogP contribution in [-0.4, -0.2) is 37.6 Å². The molecule has 0 aromatic carbocycles. The second-order valence-corrected chi connectivity index (χ2v) is 4.99. The minimum atomic E-state index is 0.388. The maximum Gasteiger partial charge on any atom is 0.0243 e. The third-order valence-corrected chi connectivity index (χ3v) is 2.65. The summed E-state index contributed by atoms with van der Waals surface area (Å²) in [6.07, 6.45) is 1.28. The van der Waals surface area contributed by atoms with Crippen LogP contribution in [0.1, 0.15) is 27.2 Å². The van der Waals surface area contributed by atoms with Gasteiger partial charge in [-0.3, -0.25) is 0 Å². The zero-order valence-corrected chi connectivity index (χ0v) is 8.85. The molecule has 1 aliphatic heterocycles. The molecule has 0 aliphatic carbocycles. The highest BCUT2D eigenvalue weighted by Gasteiger charge is 2.26. The highest BCUT2D eigenvalue weighted by atomic mass is 15.1. The Bertz CT molecular complexity index is 137. The van der Waals surface area contributed by atoms with E-state index >= 15 is 0 Å². The molecule has 1 N–H and O–H groups in total. The molecule has 0 amide bonds. The van der Waals surface area contributed by atoms with E-state index in [9.17, 15) is 0 Å². The van der Waals surface area contributed by atoms with Crippen LogP contribution in [0.15, 0.2) is 0 Å². The number of hydrogen-bond acceptors (Lipinski definition) is 2. The van der Waals surface area contributed by atoms with Crippen LogP contribution in [0.5, 0.6) is 0 Å². The standard InChI is InChI=1S/C10H22N2/c1-10(2,3)9-8-12(4)7-5-6-11-9/h9,11H,5-8H2,1-4H3. The van der Waals surface area contributed by atoms with Crippen molar-refractivity contribution in [3.63, 3.8) is 0 Å². The minimum Gasteiger partial charge on any atom is -0.312 e. The van der Waals surface area contributed by atoms with E-state index in [0.29, 0.717) is 11.5 Å². The fourth-order valence-electron chi connectivity index (χ4n) is 1.67. The van der Waals surface area contributed by atoms with Gasteiger partial charge in [-0.15, -0.1) is 0 Å². The number of rotatable bonds is 0. The Morgan fingerprint density at radius 3 is 2.58 bits per heavy atom. The van der Waals surface area contributed by atoms with Gasteiger partial charge in [0.1, 0.15) is 0 Å². The summed E-state index contributed by atoms with van der Waals surface area (Å²) in [7, 11) is 2.21. The summed E-state index contributed by atoms with van der Waals surface area (Å²) in [6, 6.07) is 0.644. The SMILES string of the molecule is CN1CCCNC(C(C)(C)C)C1. The third kappa shape index (κ3) is 2.76. The first kappa shape index (κ1) is 10.0. The molecule has 1 unspecified atom stereocenters. The molecule has 1 heterocycles. The van der Waals surface area contributed by atoms with Gasteiger partial charge >= 0.3 is 0 Å². The largest absolute Gasteiger partial charge is 0.312 e. The van der Waals surface area contributed by atoms with Gasteiger partial charge in [-0.2, -0.15) is 0 Å². The highest BCUT2D eigenvalue weighted by molar-refractivity contribution is 4.84. The first-order valence-electron chi connectivity index (χ1n) is 4.92. The summed E-state index contributed by atoms with van der Waals surface area (Å²) in [5.74, 6) is 0. The molecule has 0 saturated carbocycles. The Labute approximate surface area is 76.3 Å². The molecule has 1 saturated heterocycles. The van der Waals surface area contributed by atoms with Gasteiger partial charge in [-0.05, 0) is 32.0 Å². The van der Waals surface area contributed by atoms with Gasteiger partial charge in [-0.1, -0.05) is 20.8 Å². The minimum absolute atomic E-state index is 0.388. The van der Waals surface area contributed by atoms with Gasteiger partial charge < -0.3 is 10.2 Å². The molecule has 72 valence electrons. The summed E-state index contributed by atoms with van der Waals surface area (Å²) in [6.45, 7) is 10.5. The molecule has 1 rings (SSSR count). The Hall–Kier alpha value is -0.0800. The lowest BCUT2D eigenvalue weighted by molar-refractivity contribution is 0.220. The molecule has 1 atom stereocenters. The second kappa shape index (κ2) is 3.75. The van der Waals surface area contributed by atoms with Crippen LogP contribution in [0, 0.1) is 5.41 Å². The van der Waals surface area contributed by atoms with E-state index in [1.807, 2.05) is 0 Å². The molecular formula is C10H22N2. The van der Waals surface area contributed by atoms with Crippen molar-refractivity contribution in [3.05, 3.63) is 0 Å². The average molecular weight is 170 g/mol. The topological polar surface area (TPSA) is 15.3 Å². The maximum atomic E-state index is 3.61. The molecule has 2 heteroatoms. The molecule has 0 aromatic rings. The second-order valence-electron chi connectivity index (χ2n) is 4.99. The molecular weight excluding hydrogens is 148 g/mol. The third-order valence-electron chi connectivity index (χ3n) is 2.65. The first-order valence-corrected chi connectivity index (χ1v) is 4.92. The van der Waals surface area contributed by atoms with Crippen LogP contribution in [0.25, 0.3) is 0 Å². The summed E-state index contributed by atoms with van der Waals surface area (Å²) < 4.78 is 0. The molecule has 2 nitrogen and oxygen atoms in total. The van der Waals surface area contributed by atoms with E-state index in [4.69, 9.17) is 0 Å². The van der Waals surface area contributed by atoms with Crippen LogP contribution in [0.3, 0.4) is 0 Å². The van der Waals surface area contributed by atoms with Crippen molar-refractivity contribution in [2.45, 2.75) is 33.2 Å². The van der Waals surface area contributed by atoms with Gasteiger partial charge in [0.05, 0.1) is 0 Å². The van der Waals surface area contributed by atoms with Gasteiger partial charge in [-0.25, -0.2) is 0 Å². The zero-order valence-electron chi connectivity index (χ0n) is 8.85. The van der Waals surface area contributed by atoms with E-state index in [1.165, 1.54) is 26.1 Å². The quantitative estimate of drug-likeness (QED) is 0.590. The fraction of sp³-hybridized carbons (Fsp3) is 1.00. The molecule has 0 bridgehead atoms. The van der Waals surface area contributed by atoms with Crippen LogP contribution < -0.4 is 5.32 Å². The van der Waals surface area contributed by atoms with E-state index in [2.05, 4.69) is 38.0 Å². The van der Waals surface area contributed by atoms with Crippen molar-refractivity contribution in [2.75, 3.05) is 26.7 Å². The number of nitrogens with zero attached hydrogens (tertiary/aromatic N) is 1. The van der Waals surface area contributed by atoms with Crippen molar-refractivity contribution in [1.29, 1.82) is 0 Å². The van der Waals surface area contributed by atoms with Gasteiger partial charge in [0, 0.05) is 12.6 Å². The van der Waals surface area contributed by atoms with Gasteiger partial charge in [0.25, 0.3) is 0 Å². The van der Waals surface area contributed by atoms with E-state index in [0.717, 1.165) is 0 Å². The monoisotopic (exact) mass is 170 g/mol. The predicted molar refractivity (Wildman–Crippen MR) is 53.4 cm³/mol.